The van der Waals surface area contributed by atoms with Gasteiger partial charge in [0, 0.05) is 6.42 Å². The molecule has 2 aromatic rings. The fourth-order valence-corrected chi connectivity index (χ4v) is 2.82. The van der Waals surface area contributed by atoms with Gasteiger partial charge >= 0.3 is 5.97 Å². The molecule has 0 aromatic heterocycles. The maximum absolute atomic E-state index is 13.4. The highest BCUT2D eigenvalue weighted by molar-refractivity contribution is 5.85. The number of hydrogen-bond acceptors (Lipinski definition) is 3. The fraction of sp³-hybridized carbons (Fsp3) is 0.300. The number of halogens is 1. The number of hydrogen-bond donors (Lipinski definition) is 2. The summed E-state index contributed by atoms with van der Waals surface area (Å²) in [5.41, 5.74) is 1.52. The van der Waals surface area contributed by atoms with Crippen LogP contribution in [0.5, 0.6) is 5.75 Å². The third kappa shape index (κ3) is 4.59. The molecule has 2 N–H and O–H groups in total. The van der Waals surface area contributed by atoms with Gasteiger partial charge in [0.2, 0.25) is 5.91 Å². The first-order valence-electron chi connectivity index (χ1n) is 8.24. The Labute approximate surface area is 151 Å². The highest BCUT2D eigenvalue weighted by Crippen LogP contribution is 2.28. The van der Waals surface area contributed by atoms with Gasteiger partial charge in [0.05, 0.1) is 7.11 Å². The van der Waals surface area contributed by atoms with Crippen LogP contribution in [-0.2, 0) is 9.59 Å². The molecule has 1 amide bonds. The predicted molar refractivity (Wildman–Crippen MR) is 95.7 cm³/mol. The maximum Gasteiger partial charge on any atom is 0.330 e. The standard InChI is InChI=1S/C20H22FNO4/c1-12(15-6-4-5-7-17(15)26-3)11-18(23)22-19(20(24)25)14-8-9-16(21)13(2)10-14/h4-10,12,19H,11H2,1-3H3,(H,22,23)(H,24,25). The summed E-state index contributed by atoms with van der Waals surface area (Å²) < 4.78 is 18.7. The number of carbonyl (C=O) groups excluding carboxylic acids is 1. The van der Waals surface area contributed by atoms with Crippen molar-refractivity contribution in [3.05, 3.63) is 65.0 Å². The summed E-state index contributed by atoms with van der Waals surface area (Å²) in [5, 5.41) is 12.0. The number of ether oxygens (including phenoxy) is 1. The van der Waals surface area contributed by atoms with Crippen molar-refractivity contribution in [1.29, 1.82) is 0 Å². The third-order valence-corrected chi connectivity index (χ3v) is 4.23. The first kappa shape index (κ1) is 19.4. The Balaban J connectivity index is 2.12. The maximum atomic E-state index is 13.4. The Morgan fingerprint density at radius 1 is 1.23 bits per heavy atom. The monoisotopic (exact) mass is 359 g/mol. The molecule has 2 rings (SSSR count). The number of para-hydroxylation sites is 1. The number of methoxy groups -OCH3 is 1. The van der Waals surface area contributed by atoms with E-state index < -0.39 is 23.7 Å². The fourth-order valence-electron chi connectivity index (χ4n) is 2.82. The second-order valence-corrected chi connectivity index (χ2v) is 6.19. The lowest BCUT2D eigenvalue weighted by Gasteiger charge is -2.19. The quantitative estimate of drug-likeness (QED) is 0.792. The van der Waals surface area contributed by atoms with Crippen LogP contribution in [0.25, 0.3) is 0 Å². The Hall–Kier alpha value is -2.89. The van der Waals surface area contributed by atoms with Crippen molar-refractivity contribution in [2.45, 2.75) is 32.2 Å². The number of benzene rings is 2. The van der Waals surface area contributed by atoms with Crippen LogP contribution >= 0.6 is 0 Å². The number of nitrogens with one attached hydrogen (secondary N) is 1. The molecule has 0 aliphatic carbocycles. The summed E-state index contributed by atoms with van der Waals surface area (Å²) in [4.78, 5) is 23.9. The van der Waals surface area contributed by atoms with E-state index in [1.54, 1.807) is 14.0 Å². The van der Waals surface area contributed by atoms with Crippen LogP contribution in [0.3, 0.4) is 0 Å². The van der Waals surface area contributed by atoms with Crippen molar-refractivity contribution in [3.63, 3.8) is 0 Å². The normalized spacial score (nSPS) is 12.9. The van der Waals surface area contributed by atoms with E-state index in [2.05, 4.69) is 5.32 Å². The number of carboxylic acids is 1. The molecule has 0 spiro atoms. The highest BCUT2D eigenvalue weighted by Gasteiger charge is 2.24. The molecule has 2 aromatic carbocycles. The lowest BCUT2D eigenvalue weighted by atomic mass is 9.96. The Bertz CT molecular complexity index is 806. The van der Waals surface area contributed by atoms with Gasteiger partial charge < -0.3 is 15.2 Å². The topological polar surface area (TPSA) is 75.6 Å². The van der Waals surface area contributed by atoms with Crippen LogP contribution in [0.15, 0.2) is 42.5 Å². The molecule has 2 unspecified atom stereocenters. The van der Waals surface area contributed by atoms with E-state index in [0.29, 0.717) is 16.9 Å². The molecule has 5 nitrogen and oxygen atoms in total. The van der Waals surface area contributed by atoms with Gasteiger partial charge in [-0.2, -0.15) is 0 Å². The molecule has 26 heavy (non-hydrogen) atoms. The number of amides is 1. The smallest absolute Gasteiger partial charge is 0.330 e. The Morgan fingerprint density at radius 3 is 2.54 bits per heavy atom. The largest absolute Gasteiger partial charge is 0.496 e. The highest BCUT2D eigenvalue weighted by atomic mass is 19.1. The van der Waals surface area contributed by atoms with Crippen LogP contribution in [0.4, 0.5) is 4.39 Å². The molecule has 138 valence electrons. The van der Waals surface area contributed by atoms with E-state index in [4.69, 9.17) is 4.74 Å². The number of aryl methyl sites for hydroxylation is 1. The number of rotatable bonds is 7. The van der Waals surface area contributed by atoms with Gasteiger partial charge in [-0.15, -0.1) is 0 Å². The van der Waals surface area contributed by atoms with Crippen molar-refractivity contribution in [2.75, 3.05) is 7.11 Å². The minimum Gasteiger partial charge on any atom is -0.496 e. The van der Waals surface area contributed by atoms with Crippen molar-refractivity contribution in [2.24, 2.45) is 0 Å². The van der Waals surface area contributed by atoms with Crippen molar-refractivity contribution in [3.8, 4) is 5.75 Å². The van der Waals surface area contributed by atoms with Crippen molar-refractivity contribution >= 4 is 11.9 Å². The van der Waals surface area contributed by atoms with E-state index in [-0.39, 0.29) is 12.3 Å². The summed E-state index contributed by atoms with van der Waals surface area (Å²) in [7, 11) is 1.56. The molecular weight excluding hydrogens is 337 g/mol. The van der Waals surface area contributed by atoms with E-state index in [0.717, 1.165) is 5.56 Å². The van der Waals surface area contributed by atoms with Crippen LogP contribution in [-0.4, -0.2) is 24.1 Å². The van der Waals surface area contributed by atoms with Gasteiger partial charge in [0.1, 0.15) is 11.6 Å². The molecular formula is C20H22FNO4. The molecule has 0 aliphatic heterocycles. The van der Waals surface area contributed by atoms with Crippen LogP contribution in [0.1, 0.15) is 42.0 Å². The zero-order valence-corrected chi connectivity index (χ0v) is 15.0. The van der Waals surface area contributed by atoms with E-state index in [9.17, 15) is 19.1 Å². The summed E-state index contributed by atoms with van der Waals surface area (Å²) in [6.07, 6.45) is 0.102. The molecule has 0 saturated heterocycles. The second kappa shape index (κ2) is 8.47. The van der Waals surface area contributed by atoms with Crippen molar-refractivity contribution in [1.82, 2.24) is 5.32 Å². The summed E-state index contributed by atoms with van der Waals surface area (Å²) in [6, 6.07) is 10.1. The lowest BCUT2D eigenvalue weighted by Crippen LogP contribution is -2.34. The van der Waals surface area contributed by atoms with Crippen LogP contribution in [0.2, 0.25) is 0 Å². The lowest BCUT2D eigenvalue weighted by molar-refractivity contribution is -0.142. The molecule has 0 bridgehead atoms. The average Bonchev–Trinajstić information content (AvgIpc) is 2.61. The number of carbonyl (C=O) groups is 2. The molecule has 2 atom stereocenters. The Kier molecular flexibility index (Phi) is 6.33. The first-order chi connectivity index (χ1) is 12.3. The molecule has 0 fully saturated rings. The van der Waals surface area contributed by atoms with Gasteiger partial charge in [-0.25, -0.2) is 9.18 Å². The zero-order valence-electron chi connectivity index (χ0n) is 15.0. The minimum atomic E-state index is -1.23. The number of aliphatic carboxylic acids is 1. The molecule has 0 heterocycles. The van der Waals surface area contributed by atoms with E-state index in [1.807, 2.05) is 31.2 Å². The van der Waals surface area contributed by atoms with Gasteiger partial charge in [0.25, 0.3) is 0 Å². The summed E-state index contributed by atoms with van der Waals surface area (Å²) >= 11 is 0. The predicted octanol–water partition coefficient (Wildman–Crippen LogP) is 3.58. The number of carboxylic acid groups (broad SMARTS) is 1. The zero-order chi connectivity index (χ0) is 19.3. The second-order valence-electron chi connectivity index (χ2n) is 6.19. The van der Waals surface area contributed by atoms with Crippen LogP contribution < -0.4 is 10.1 Å². The Morgan fingerprint density at radius 2 is 1.92 bits per heavy atom. The molecule has 6 heteroatoms. The van der Waals surface area contributed by atoms with Gasteiger partial charge in [-0.3, -0.25) is 4.79 Å². The van der Waals surface area contributed by atoms with Gasteiger partial charge in [-0.05, 0) is 41.7 Å². The first-order valence-corrected chi connectivity index (χ1v) is 8.24. The SMILES string of the molecule is COc1ccccc1C(C)CC(=O)NC(C(=O)O)c1ccc(F)c(C)c1. The average molecular weight is 359 g/mol. The molecule has 0 radical (unpaired) electrons. The van der Waals surface area contributed by atoms with Crippen LogP contribution in [0, 0.1) is 12.7 Å². The van der Waals surface area contributed by atoms with E-state index in [1.165, 1.54) is 18.2 Å². The molecule has 0 saturated carbocycles. The minimum absolute atomic E-state index is 0.102. The van der Waals surface area contributed by atoms with Gasteiger partial charge in [-0.1, -0.05) is 37.3 Å². The summed E-state index contributed by atoms with van der Waals surface area (Å²) in [5.74, 6) is -1.51. The van der Waals surface area contributed by atoms with Crippen molar-refractivity contribution < 1.29 is 23.8 Å². The van der Waals surface area contributed by atoms with Gasteiger partial charge in [0.15, 0.2) is 6.04 Å². The third-order valence-electron chi connectivity index (χ3n) is 4.23. The van der Waals surface area contributed by atoms with E-state index >= 15 is 0 Å². The molecule has 0 aliphatic rings. The summed E-state index contributed by atoms with van der Waals surface area (Å²) in [6.45, 7) is 3.42.